The fraction of sp³-hybridized carbons (Fsp3) is 0.800. The van der Waals surface area contributed by atoms with Crippen LogP contribution in [0.3, 0.4) is 0 Å². The molecule has 0 unspecified atom stereocenters. The van der Waals surface area contributed by atoms with Crippen LogP contribution in [0.25, 0.3) is 0 Å². The van der Waals surface area contributed by atoms with Crippen molar-refractivity contribution < 1.29 is 0 Å². The highest BCUT2D eigenvalue weighted by Crippen LogP contribution is 2.20. The molecule has 0 amide bonds. The number of likely N-dealkylation sites (tertiary alicyclic amines) is 1. The third-order valence-corrected chi connectivity index (χ3v) is 5.28. The lowest BCUT2D eigenvalue weighted by molar-refractivity contribution is 0.247. The molecule has 1 N–H and O–H groups in total. The zero-order valence-corrected chi connectivity index (χ0v) is 16.1. The fourth-order valence-corrected chi connectivity index (χ4v) is 4.10. The molecule has 25 heavy (non-hydrogen) atoms. The van der Waals surface area contributed by atoms with Crippen LogP contribution in [0.2, 0.25) is 0 Å². The van der Waals surface area contributed by atoms with Crippen LogP contribution >= 0.6 is 0 Å². The molecule has 1 aromatic rings. The Morgan fingerprint density at radius 3 is 2.60 bits per heavy atom. The second-order valence-electron chi connectivity index (χ2n) is 8.13. The molecule has 5 heteroatoms. The van der Waals surface area contributed by atoms with E-state index >= 15 is 0 Å². The summed E-state index contributed by atoms with van der Waals surface area (Å²) < 4.78 is 0. The van der Waals surface area contributed by atoms with Crippen LogP contribution in [-0.2, 0) is 0 Å². The molecule has 0 aromatic carbocycles. The van der Waals surface area contributed by atoms with Crippen molar-refractivity contribution >= 4 is 11.8 Å². The Bertz CT molecular complexity index is 511. The van der Waals surface area contributed by atoms with Crippen molar-refractivity contribution in [3.63, 3.8) is 0 Å². The Morgan fingerprint density at radius 1 is 1.08 bits per heavy atom. The van der Waals surface area contributed by atoms with Gasteiger partial charge in [0.1, 0.15) is 5.82 Å². The molecule has 140 valence electrons. The molecule has 0 bridgehead atoms. The minimum absolute atomic E-state index is 0.459. The van der Waals surface area contributed by atoms with E-state index in [9.17, 15) is 0 Å². The van der Waals surface area contributed by atoms with E-state index in [0.717, 1.165) is 37.3 Å². The quantitative estimate of drug-likeness (QED) is 0.880. The number of rotatable bonds is 5. The van der Waals surface area contributed by atoms with Crippen LogP contribution in [0.1, 0.15) is 58.8 Å². The fourth-order valence-electron chi connectivity index (χ4n) is 4.10. The molecule has 2 aliphatic heterocycles. The van der Waals surface area contributed by atoms with Gasteiger partial charge >= 0.3 is 0 Å². The Hall–Kier alpha value is -1.36. The highest BCUT2D eigenvalue weighted by molar-refractivity contribution is 5.43. The Balaban J connectivity index is 1.62. The van der Waals surface area contributed by atoms with Gasteiger partial charge in [-0.3, -0.25) is 0 Å². The molecule has 3 heterocycles. The van der Waals surface area contributed by atoms with Crippen molar-refractivity contribution in [2.75, 3.05) is 42.9 Å². The van der Waals surface area contributed by atoms with Crippen LogP contribution in [0, 0.1) is 5.92 Å². The first-order chi connectivity index (χ1) is 12.2. The molecule has 0 aliphatic carbocycles. The van der Waals surface area contributed by atoms with Gasteiger partial charge in [-0.05, 0) is 44.2 Å². The van der Waals surface area contributed by atoms with Crippen LogP contribution in [0.5, 0.6) is 0 Å². The van der Waals surface area contributed by atoms with Gasteiger partial charge in [-0.1, -0.05) is 33.1 Å². The highest BCUT2D eigenvalue weighted by Gasteiger charge is 2.20. The zero-order valence-electron chi connectivity index (χ0n) is 16.1. The van der Waals surface area contributed by atoms with Gasteiger partial charge < -0.3 is 15.1 Å². The van der Waals surface area contributed by atoms with E-state index in [4.69, 9.17) is 4.98 Å². The van der Waals surface area contributed by atoms with Crippen LogP contribution in [0.4, 0.5) is 11.8 Å². The standard InChI is InChI=1S/C20H35N5/c1-17(2)15-24-12-8-5-9-18(16-24)22-20-21-11-10-19(23-20)25-13-6-3-4-7-14-25/h10-11,17-18H,3-9,12-16H2,1-2H3,(H,21,22,23)/t18-/m1/s1. The highest BCUT2D eigenvalue weighted by atomic mass is 15.2. The monoisotopic (exact) mass is 345 g/mol. The third kappa shape index (κ3) is 5.84. The van der Waals surface area contributed by atoms with E-state index in [-0.39, 0.29) is 0 Å². The zero-order chi connectivity index (χ0) is 17.5. The summed E-state index contributed by atoms with van der Waals surface area (Å²) in [6, 6.07) is 2.52. The van der Waals surface area contributed by atoms with Gasteiger partial charge in [0.15, 0.2) is 0 Å². The molecule has 1 atom stereocenters. The average Bonchev–Trinajstić information content (AvgIpc) is 2.98. The Labute approximate surface area is 153 Å². The topological polar surface area (TPSA) is 44.3 Å². The van der Waals surface area contributed by atoms with Crippen molar-refractivity contribution in [3.05, 3.63) is 12.3 Å². The Morgan fingerprint density at radius 2 is 1.84 bits per heavy atom. The van der Waals surface area contributed by atoms with Crippen molar-refractivity contribution in [1.82, 2.24) is 14.9 Å². The van der Waals surface area contributed by atoms with Crippen molar-refractivity contribution in [2.45, 2.75) is 64.8 Å². The first-order valence-corrected chi connectivity index (χ1v) is 10.3. The Kier molecular flexibility index (Phi) is 6.91. The molecule has 2 fully saturated rings. The number of nitrogens with one attached hydrogen (secondary N) is 1. The van der Waals surface area contributed by atoms with Gasteiger partial charge in [0.25, 0.3) is 0 Å². The molecule has 1 aromatic heterocycles. The molecule has 0 saturated carbocycles. The molecule has 3 rings (SSSR count). The summed E-state index contributed by atoms with van der Waals surface area (Å²) in [5.41, 5.74) is 0. The molecular formula is C20H35N5. The minimum Gasteiger partial charge on any atom is -0.356 e. The van der Waals surface area contributed by atoms with Crippen molar-refractivity contribution in [3.8, 4) is 0 Å². The maximum atomic E-state index is 4.83. The van der Waals surface area contributed by atoms with Crippen molar-refractivity contribution in [1.29, 1.82) is 0 Å². The van der Waals surface area contributed by atoms with Gasteiger partial charge in [-0.25, -0.2) is 4.98 Å². The summed E-state index contributed by atoms with van der Waals surface area (Å²) in [6.45, 7) is 10.4. The van der Waals surface area contributed by atoms with Gasteiger partial charge in [0, 0.05) is 38.4 Å². The minimum atomic E-state index is 0.459. The maximum Gasteiger partial charge on any atom is 0.224 e. The smallest absolute Gasteiger partial charge is 0.224 e. The van der Waals surface area contributed by atoms with E-state index in [0.29, 0.717) is 6.04 Å². The van der Waals surface area contributed by atoms with Gasteiger partial charge in [-0.2, -0.15) is 4.98 Å². The largest absolute Gasteiger partial charge is 0.356 e. The summed E-state index contributed by atoms with van der Waals surface area (Å²) in [5, 5.41) is 3.63. The van der Waals surface area contributed by atoms with E-state index < -0.39 is 0 Å². The van der Waals surface area contributed by atoms with Crippen molar-refractivity contribution in [2.24, 2.45) is 5.92 Å². The molecule has 0 spiro atoms. The van der Waals surface area contributed by atoms with Gasteiger partial charge in [0.05, 0.1) is 0 Å². The van der Waals surface area contributed by atoms with Crippen LogP contribution in [0.15, 0.2) is 12.3 Å². The lowest BCUT2D eigenvalue weighted by Crippen LogP contribution is -2.37. The number of nitrogens with zero attached hydrogens (tertiary/aromatic N) is 4. The lowest BCUT2D eigenvalue weighted by atomic mass is 10.1. The molecule has 5 nitrogen and oxygen atoms in total. The first-order valence-electron chi connectivity index (χ1n) is 10.3. The molecule has 2 saturated heterocycles. The van der Waals surface area contributed by atoms with E-state index in [1.807, 2.05) is 6.20 Å². The lowest BCUT2D eigenvalue weighted by Gasteiger charge is -2.27. The number of hydrogen-bond acceptors (Lipinski definition) is 5. The second-order valence-corrected chi connectivity index (χ2v) is 8.13. The predicted octanol–water partition coefficient (Wildman–Crippen LogP) is 3.78. The van der Waals surface area contributed by atoms with Gasteiger partial charge in [-0.15, -0.1) is 0 Å². The van der Waals surface area contributed by atoms with Crippen LogP contribution in [-0.4, -0.2) is 53.6 Å². The molecule has 0 radical (unpaired) electrons. The molecular weight excluding hydrogens is 310 g/mol. The summed E-state index contributed by atoms with van der Waals surface area (Å²) in [7, 11) is 0. The maximum absolute atomic E-state index is 4.83. The van der Waals surface area contributed by atoms with E-state index in [2.05, 4.69) is 40.0 Å². The van der Waals surface area contributed by atoms with E-state index in [1.54, 1.807) is 0 Å². The van der Waals surface area contributed by atoms with Gasteiger partial charge in [0.2, 0.25) is 5.95 Å². The number of anilines is 2. The summed E-state index contributed by atoms with van der Waals surface area (Å²) in [4.78, 5) is 14.4. The summed E-state index contributed by atoms with van der Waals surface area (Å²) >= 11 is 0. The summed E-state index contributed by atoms with van der Waals surface area (Å²) in [5.74, 6) is 2.62. The first kappa shape index (κ1) is 18.4. The average molecular weight is 346 g/mol. The number of hydrogen-bond donors (Lipinski definition) is 1. The van der Waals surface area contributed by atoms with Crippen LogP contribution < -0.4 is 10.2 Å². The number of aromatic nitrogens is 2. The normalized spacial score (nSPS) is 23.3. The summed E-state index contributed by atoms with van der Waals surface area (Å²) in [6.07, 6.45) is 11.0. The SMILES string of the molecule is CC(C)CN1CCCC[C@@H](Nc2nccc(N3CCCCCC3)n2)C1. The molecule has 2 aliphatic rings. The predicted molar refractivity (Wildman–Crippen MR) is 105 cm³/mol. The second kappa shape index (κ2) is 9.37. The third-order valence-electron chi connectivity index (χ3n) is 5.28. The van der Waals surface area contributed by atoms with E-state index in [1.165, 1.54) is 58.0 Å².